The molecule has 0 bridgehead atoms. The number of hydrogen-bond acceptors (Lipinski definition) is 6. The number of anilines is 1. The first-order chi connectivity index (χ1) is 12.3. The number of thioether (sulfide) groups is 1. The second-order valence-corrected chi connectivity index (χ2v) is 7.65. The average molecular weight is 455 g/mol. The molecule has 26 heavy (non-hydrogen) atoms. The summed E-state index contributed by atoms with van der Waals surface area (Å²) in [6.07, 6.45) is 1.31. The summed E-state index contributed by atoms with van der Waals surface area (Å²) in [4.78, 5) is 24.3. The summed E-state index contributed by atoms with van der Waals surface area (Å²) in [5, 5.41) is 21.1. The molecule has 0 unspecified atom stereocenters. The summed E-state index contributed by atoms with van der Waals surface area (Å²) in [6.45, 7) is 0. The van der Waals surface area contributed by atoms with Crippen molar-refractivity contribution in [2.45, 2.75) is 0 Å². The van der Waals surface area contributed by atoms with Crippen LogP contribution in [0.25, 0.3) is 6.08 Å². The number of phenolic OH excluding ortho intramolecular Hbond substituents is 1. The number of nitro benzene ring substituents is 1. The number of non-ortho nitro benzene ring substituents is 1. The Morgan fingerprint density at radius 1 is 1.35 bits per heavy atom. The number of hydrogen-bond donors (Lipinski definition) is 1. The van der Waals surface area contributed by atoms with E-state index in [-0.39, 0.29) is 36.4 Å². The molecule has 1 saturated heterocycles. The van der Waals surface area contributed by atoms with E-state index in [0.717, 1.165) is 23.9 Å². The summed E-state index contributed by atoms with van der Waals surface area (Å²) < 4.78 is 13.7. The highest BCUT2D eigenvalue weighted by Gasteiger charge is 2.33. The maximum atomic E-state index is 13.4. The highest BCUT2D eigenvalue weighted by molar-refractivity contribution is 9.10. The Morgan fingerprint density at radius 2 is 2.08 bits per heavy atom. The van der Waals surface area contributed by atoms with Gasteiger partial charge >= 0.3 is 0 Å². The number of halogens is 2. The lowest BCUT2D eigenvalue weighted by molar-refractivity contribution is -0.385. The average Bonchev–Trinajstić information content (AvgIpc) is 2.85. The SMILES string of the molecule is O=C1/C(=C/c2cc([N+](=O)[O-])cc(Br)c2O)SC(=S)N1c1cccc(F)c1. The largest absolute Gasteiger partial charge is 0.506 e. The standard InChI is InChI=1S/C16H8BrFN2O4S2/c17-12-7-11(20(23)24)4-8(14(12)21)5-13-15(22)19(16(25)26-13)10-3-1-2-9(18)6-10/h1-7,21H/b13-5-. The van der Waals surface area contributed by atoms with Crippen molar-refractivity contribution in [2.24, 2.45) is 0 Å². The van der Waals surface area contributed by atoms with Gasteiger partial charge in [0, 0.05) is 17.7 Å². The predicted molar refractivity (Wildman–Crippen MR) is 105 cm³/mol. The Hall–Kier alpha value is -2.30. The summed E-state index contributed by atoms with van der Waals surface area (Å²) in [7, 11) is 0. The number of aromatic hydroxyl groups is 1. The van der Waals surface area contributed by atoms with Crippen molar-refractivity contribution in [3.63, 3.8) is 0 Å². The number of benzene rings is 2. The smallest absolute Gasteiger partial charge is 0.271 e. The Morgan fingerprint density at radius 3 is 2.73 bits per heavy atom. The van der Waals surface area contributed by atoms with Crippen LogP contribution in [0.4, 0.5) is 15.8 Å². The van der Waals surface area contributed by atoms with Gasteiger partial charge in [-0.15, -0.1) is 0 Å². The maximum absolute atomic E-state index is 13.4. The van der Waals surface area contributed by atoms with E-state index in [9.17, 15) is 24.4 Å². The van der Waals surface area contributed by atoms with Crippen molar-refractivity contribution in [2.75, 3.05) is 4.90 Å². The van der Waals surface area contributed by atoms with Crippen LogP contribution in [-0.2, 0) is 4.79 Å². The van der Waals surface area contributed by atoms with Crippen molar-refractivity contribution in [1.29, 1.82) is 0 Å². The lowest BCUT2D eigenvalue weighted by Crippen LogP contribution is -2.27. The van der Waals surface area contributed by atoms with Crippen LogP contribution in [0.2, 0.25) is 0 Å². The van der Waals surface area contributed by atoms with E-state index in [4.69, 9.17) is 12.2 Å². The van der Waals surface area contributed by atoms with Gasteiger partial charge in [-0.05, 0) is 40.2 Å². The maximum Gasteiger partial charge on any atom is 0.271 e. The van der Waals surface area contributed by atoms with Gasteiger partial charge in [0.1, 0.15) is 11.6 Å². The number of amides is 1. The number of nitrogens with zero attached hydrogens (tertiary/aromatic N) is 2. The van der Waals surface area contributed by atoms with E-state index in [2.05, 4.69) is 15.9 Å². The second-order valence-electron chi connectivity index (χ2n) is 5.12. The van der Waals surface area contributed by atoms with Gasteiger partial charge in [0.15, 0.2) is 4.32 Å². The van der Waals surface area contributed by atoms with E-state index in [1.54, 1.807) is 0 Å². The van der Waals surface area contributed by atoms with Gasteiger partial charge in [-0.25, -0.2) is 4.39 Å². The van der Waals surface area contributed by atoms with Crippen LogP contribution < -0.4 is 4.90 Å². The fourth-order valence-electron chi connectivity index (χ4n) is 2.27. The van der Waals surface area contributed by atoms with Gasteiger partial charge in [0.2, 0.25) is 0 Å². The molecule has 132 valence electrons. The molecule has 0 aliphatic carbocycles. The van der Waals surface area contributed by atoms with Crippen molar-refractivity contribution < 1.29 is 19.2 Å². The predicted octanol–water partition coefficient (Wildman–Crippen LogP) is 4.61. The zero-order valence-corrected chi connectivity index (χ0v) is 15.9. The molecule has 0 aromatic heterocycles. The molecule has 0 atom stereocenters. The number of rotatable bonds is 3. The molecule has 0 saturated carbocycles. The molecule has 1 N–H and O–H groups in total. The molecule has 10 heteroatoms. The van der Waals surface area contributed by atoms with Gasteiger partial charge in [-0.3, -0.25) is 19.8 Å². The number of carbonyl (C=O) groups excluding carboxylic acids is 1. The van der Waals surface area contributed by atoms with Crippen molar-refractivity contribution in [1.82, 2.24) is 0 Å². The third-order valence-corrected chi connectivity index (χ3v) is 5.34. The van der Waals surface area contributed by atoms with E-state index in [0.29, 0.717) is 0 Å². The van der Waals surface area contributed by atoms with E-state index >= 15 is 0 Å². The van der Waals surface area contributed by atoms with Gasteiger partial charge in [0.05, 0.1) is 20.0 Å². The molecular weight excluding hydrogens is 447 g/mol. The summed E-state index contributed by atoms with van der Waals surface area (Å²) in [6, 6.07) is 7.72. The van der Waals surface area contributed by atoms with Crippen LogP contribution in [0.15, 0.2) is 45.8 Å². The highest BCUT2D eigenvalue weighted by atomic mass is 79.9. The number of nitro groups is 1. The number of carbonyl (C=O) groups is 1. The molecular formula is C16H8BrFN2O4S2. The minimum atomic E-state index is -0.612. The lowest BCUT2D eigenvalue weighted by atomic mass is 10.1. The topological polar surface area (TPSA) is 83.7 Å². The molecule has 1 amide bonds. The van der Waals surface area contributed by atoms with Gasteiger partial charge in [-0.2, -0.15) is 0 Å². The van der Waals surface area contributed by atoms with Crippen LogP contribution in [-0.4, -0.2) is 20.3 Å². The molecule has 1 aliphatic rings. The second kappa shape index (κ2) is 7.14. The van der Waals surface area contributed by atoms with Gasteiger partial charge < -0.3 is 5.11 Å². The van der Waals surface area contributed by atoms with Crippen molar-refractivity contribution in [3.8, 4) is 5.75 Å². The first kappa shape index (κ1) is 18.5. The third kappa shape index (κ3) is 3.48. The van der Waals surface area contributed by atoms with Gasteiger partial charge in [0.25, 0.3) is 11.6 Å². The van der Waals surface area contributed by atoms with Crippen LogP contribution in [0.3, 0.4) is 0 Å². The Balaban J connectivity index is 2.02. The van der Waals surface area contributed by atoms with Crippen LogP contribution in [0.5, 0.6) is 5.75 Å². The normalized spacial score (nSPS) is 15.8. The zero-order chi connectivity index (χ0) is 19.0. The third-order valence-electron chi connectivity index (χ3n) is 3.44. The minimum absolute atomic E-state index is 0.0887. The Bertz CT molecular complexity index is 996. The number of thiocarbonyl (C=S) groups is 1. The molecule has 2 aromatic rings. The molecule has 1 fully saturated rings. The highest BCUT2D eigenvalue weighted by Crippen LogP contribution is 2.39. The van der Waals surface area contributed by atoms with E-state index in [1.807, 2.05) is 0 Å². The first-order valence-electron chi connectivity index (χ1n) is 6.98. The molecule has 1 heterocycles. The summed E-state index contributed by atoms with van der Waals surface area (Å²) in [5.41, 5.74) is 0.118. The molecule has 3 rings (SSSR count). The lowest BCUT2D eigenvalue weighted by Gasteiger charge is -2.14. The molecule has 2 aromatic carbocycles. The molecule has 0 spiro atoms. The van der Waals surface area contributed by atoms with E-state index in [1.165, 1.54) is 35.2 Å². The van der Waals surface area contributed by atoms with Crippen molar-refractivity contribution >= 4 is 67.6 Å². The summed E-state index contributed by atoms with van der Waals surface area (Å²) >= 11 is 9.19. The van der Waals surface area contributed by atoms with E-state index < -0.39 is 16.6 Å². The minimum Gasteiger partial charge on any atom is -0.506 e. The fourth-order valence-corrected chi connectivity index (χ4v) is 4.02. The summed E-state index contributed by atoms with van der Waals surface area (Å²) in [5.74, 6) is -1.26. The molecule has 6 nitrogen and oxygen atoms in total. The molecule has 1 aliphatic heterocycles. The Labute approximate surface area is 164 Å². The van der Waals surface area contributed by atoms with Crippen LogP contribution in [0.1, 0.15) is 5.56 Å². The van der Waals surface area contributed by atoms with Crippen LogP contribution >= 0.6 is 39.9 Å². The quantitative estimate of drug-likeness (QED) is 0.315. The first-order valence-corrected chi connectivity index (χ1v) is 9.00. The Kier molecular flexibility index (Phi) is 5.08. The zero-order valence-electron chi connectivity index (χ0n) is 12.7. The fraction of sp³-hybridized carbons (Fsp3) is 0. The molecule has 0 radical (unpaired) electrons. The number of phenols is 1. The monoisotopic (exact) mass is 454 g/mol. The van der Waals surface area contributed by atoms with Gasteiger partial charge in [-0.1, -0.05) is 30.0 Å². The van der Waals surface area contributed by atoms with Crippen LogP contribution in [0, 0.1) is 15.9 Å². The van der Waals surface area contributed by atoms with Crippen molar-refractivity contribution in [3.05, 3.63) is 67.3 Å².